The van der Waals surface area contributed by atoms with Gasteiger partial charge in [0.25, 0.3) is 10.1 Å². The van der Waals surface area contributed by atoms with Crippen molar-refractivity contribution in [1.29, 1.82) is 0 Å². The van der Waals surface area contributed by atoms with Crippen LogP contribution in [0.4, 0.5) is 0 Å². The van der Waals surface area contributed by atoms with Crippen LogP contribution < -0.4 is 0 Å². The topological polar surface area (TPSA) is 68.1 Å². The predicted molar refractivity (Wildman–Crippen MR) is 62.4 cm³/mol. The maximum atomic E-state index is 11.2. The molecule has 0 amide bonds. The molecule has 0 fully saturated rings. The van der Waals surface area contributed by atoms with Crippen molar-refractivity contribution in [2.45, 2.75) is 19.3 Å². The highest BCUT2D eigenvalue weighted by molar-refractivity contribution is 7.86. The number of hydrogen-bond acceptors (Lipinski definition) is 5. The first-order chi connectivity index (χ1) is 7.12. The van der Waals surface area contributed by atoms with Crippen LogP contribution in [0.25, 0.3) is 0 Å². The third-order valence-electron chi connectivity index (χ3n) is 1.60. The van der Waals surface area contributed by atoms with Crippen molar-refractivity contribution in [3.63, 3.8) is 0 Å². The zero-order chi connectivity index (χ0) is 11.6. The molecule has 0 aliphatic rings. The summed E-state index contributed by atoms with van der Waals surface area (Å²) in [4.78, 5) is 7.49. The fourth-order valence-corrected chi connectivity index (χ4v) is 1.88. The molecule has 0 aromatic rings. The summed E-state index contributed by atoms with van der Waals surface area (Å²) in [6.07, 6.45) is 5.04. The largest absolute Gasteiger partial charge is 0.301 e. The van der Waals surface area contributed by atoms with Gasteiger partial charge in [0.1, 0.15) is 0 Å². The third-order valence-corrected chi connectivity index (χ3v) is 2.92. The Morgan fingerprint density at radius 1 is 1.13 bits per heavy atom. The summed E-state index contributed by atoms with van der Waals surface area (Å²) in [6.45, 7) is 0.168. The predicted octanol–water partition coefficient (Wildman–Crippen LogP) is 0.904. The third kappa shape index (κ3) is 9.55. The molecule has 0 aromatic heterocycles. The summed E-state index contributed by atoms with van der Waals surface area (Å²) >= 11 is 0. The molecule has 0 aliphatic heterocycles. The molecule has 0 aromatic carbocycles. The first-order valence-electron chi connectivity index (χ1n) is 4.80. The standard InChI is InChI=1S/C9H18N2O3S/c1-10-6-3-4-9-15(12,13)14-8-5-7-11-2/h6-7H,3-5,8-9H2,1-2H3. The maximum Gasteiger partial charge on any atom is 0.267 e. The molecule has 0 atom stereocenters. The summed E-state index contributed by atoms with van der Waals surface area (Å²) in [5.41, 5.74) is 0. The molecule has 6 heteroatoms. The van der Waals surface area contributed by atoms with Gasteiger partial charge < -0.3 is 9.98 Å². The van der Waals surface area contributed by atoms with Crippen molar-refractivity contribution in [1.82, 2.24) is 0 Å². The molecule has 0 spiro atoms. The van der Waals surface area contributed by atoms with E-state index in [1.165, 1.54) is 0 Å². The zero-order valence-corrected chi connectivity index (χ0v) is 10.0. The fourth-order valence-electron chi connectivity index (χ4n) is 0.896. The van der Waals surface area contributed by atoms with Crippen LogP contribution in [0.3, 0.4) is 0 Å². The summed E-state index contributed by atoms with van der Waals surface area (Å²) in [7, 11) is -0.0666. The minimum Gasteiger partial charge on any atom is -0.301 e. The molecule has 88 valence electrons. The molecule has 0 N–H and O–H groups in total. The second-order valence-corrected chi connectivity index (χ2v) is 4.66. The monoisotopic (exact) mass is 234 g/mol. The van der Waals surface area contributed by atoms with Gasteiger partial charge in [0.05, 0.1) is 12.4 Å². The number of nitrogens with zero attached hydrogens (tertiary/aromatic N) is 2. The second-order valence-electron chi connectivity index (χ2n) is 2.90. The zero-order valence-electron chi connectivity index (χ0n) is 9.22. The van der Waals surface area contributed by atoms with E-state index in [-0.39, 0.29) is 12.4 Å². The van der Waals surface area contributed by atoms with Gasteiger partial charge in [0.2, 0.25) is 0 Å². The van der Waals surface area contributed by atoms with Gasteiger partial charge in [-0.25, -0.2) is 0 Å². The molecule has 0 bridgehead atoms. The van der Waals surface area contributed by atoms with Gasteiger partial charge in [-0.1, -0.05) is 0 Å². The Morgan fingerprint density at radius 2 is 1.73 bits per heavy atom. The van der Waals surface area contributed by atoms with Crippen molar-refractivity contribution >= 4 is 22.5 Å². The van der Waals surface area contributed by atoms with Gasteiger partial charge in [-0.15, -0.1) is 0 Å². The normalized spacial score (nSPS) is 12.9. The first-order valence-corrected chi connectivity index (χ1v) is 6.38. The molecule has 0 unspecified atom stereocenters. The Balaban J connectivity index is 3.67. The van der Waals surface area contributed by atoms with E-state index in [4.69, 9.17) is 4.18 Å². The molecule has 5 nitrogen and oxygen atoms in total. The van der Waals surface area contributed by atoms with Crippen molar-refractivity contribution in [2.75, 3.05) is 26.5 Å². The summed E-state index contributed by atoms with van der Waals surface area (Å²) in [5.74, 6) is 0.0439. The number of hydrogen-bond donors (Lipinski definition) is 0. The van der Waals surface area contributed by atoms with Crippen LogP contribution in [0.1, 0.15) is 19.3 Å². The van der Waals surface area contributed by atoms with Gasteiger partial charge in [-0.2, -0.15) is 8.42 Å². The molecule has 0 radical (unpaired) electrons. The van der Waals surface area contributed by atoms with Gasteiger partial charge in [0, 0.05) is 26.7 Å². The highest BCUT2D eigenvalue weighted by Crippen LogP contribution is 1.99. The van der Waals surface area contributed by atoms with Gasteiger partial charge in [0.15, 0.2) is 0 Å². The highest BCUT2D eigenvalue weighted by Gasteiger charge is 2.09. The van der Waals surface area contributed by atoms with Crippen molar-refractivity contribution < 1.29 is 12.6 Å². The summed E-state index contributed by atoms with van der Waals surface area (Å²) in [5, 5.41) is 0. The quantitative estimate of drug-likeness (QED) is 0.356. The Bertz CT molecular complexity index is 272. The van der Waals surface area contributed by atoms with Crippen molar-refractivity contribution in [3.05, 3.63) is 0 Å². The fraction of sp³-hybridized carbons (Fsp3) is 0.778. The van der Waals surface area contributed by atoms with E-state index in [0.717, 1.165) is 0 Å². The lowest BCUT2D eigenvalue weighted by Crippen LogP contribution is -2.11. The van der Waals surface area contributed by atoms with E-state index in [0.29, 0.717) is 19.3 Å². The number of aliphatic imine (C=N–C) groups is 2. The summed E-state index contributed by atoms with van der Waals surface area (Å²) < 4.78 is 27.2. The van der Waals surface area contributed by atoms with Crippen molar-refractivity contribution in [3.8, 4) is 0 Å². The molecule has 0 heterocycles. The number of rotatable bonds is 8. The molecule has 0 saturated heterocycles. The lowest BCUT2D eigenvalue weighted by Gasteiger charge is -2.02. The minimum absolute atomic E-state index is 0.0439. The highest BCUT2D eigenvalue weighted by atomic mass is 32.2. The lowest BCUT2D eigenvalue weighted by molar-refractivity contribution is 0.329. The SMILES string of the molecule is CN=CCCCS(=O)(=O)OCCC=NC. The van der Waals surface area contributed by atoms with Crippen LogP contribution in [-0.4, -0.2) is 47.3 Å². The molecule has 0 aliphatic carbocycles. The summed E-state index contributed by atoms with van der Waals surface area (Å²) in [6, 6.07) is 0. The van der Waals surface area contributed by atoms with Crippen LogP contribution in [0.5, 0.6) is 0 Å². The van der Waals surface area contributed by atoms with Crippen molar-refractivity contribution in [2.24, 2.45) is 9.98 Å². The van der Waals surface area contributed by atoms with Gasteiger partial charge >= 0.3 is 0 Å². The average molecular weight is 234 g/mol. The van der Waals surface area contributed by atoms with Crippen LogP contribution in [0.2, 0.25) is 0 Å². The van der Waals surface area contributed by atoms with Gasteiger partial charge in [-0.3, -0.25) is 4.18 Å². The Kier molecular flexibility index (Phi) is 8.12. The van der Waals surface area contributed by atoms with E-state index in [1.807, 2.05) is 0 Å². The van der Waals surface area contributed by atoms with Gasteiger partial charge in [-0.05, 0) is 19.1 Å². The molecular formula is C9H18N2O3S. The average Bonchev–Trinajstić information content (AvgIpc) is 2.20. The molecule has 0 rings (SSSR count). The van der Waals surface area contributed by atoms with Crippen LogP contribution in [-0.2, 0) is 14.3 Å². The second kappa shape index (κ2) is 8.55. The van der Waals surface area contributed by atoms with Crippen LogP contribution >= 0.6 is 0 Å². The van der Waals surface area contributed by atoms with Crippen LogP contribution in [0.15, 0.2) is 9.98 Å². The van der Waals surface area contributed by atoms with E-state index < -0.39 is 10.1 Å². The maximum absolute atomic E-state index is 11.2. The van der Waals surface area contributed by atoms with E-state index >= 15 is 0 Å². The number of unbranched alkanes of at least 4 members (excludes halogenated alkanes) is 1. The molecule has 0 saturated carbocycles. The Labute approximate surface area is 91.4 Å². The van der Waals surface area contributed by atoms with Crippen LogP contribution in [0, 0.1) is 0 Å². The van der Waals surface area contributed by atoms with E-state index in [9.17, 15) is 8.42 Å². The van der Waals surface area contributed by atoms with E-state index in [2.05, 4.69) is 9.98 Å². The minimum atomic E-state index is -3.37. The molecule has 15 heavy (non-hydrogen) atoms. The smallest absolute Gasteiger partial charge is 0.267 e. The lowest BCUT2D eigenvalue weighted by atomic mass is 10.4. The molecular weight excluding hydrogens is 216 g/mol. The van der Waals surface area contributed by atoms with E-state index in [1.54, 1.807) is 26.5 Å². The Hall–Kier alpha value is -0.750. The Morgan fingerprint density at radius 3 is 2.33 bits per heavy atom. The first kappa shape index (κ1) is 14.2.